The third-order valence-corrected chi connectivity index (χ3v) is 3.33. The highest BCUT2D eigenvalue weighted by atomic mass is 16.6. The molecule has 0 saturated carbocycles. The van der Waals surface area contributed by atoms with Crippen molar-refractivity contribution in [3.05, 3.63) is 76.5 Å². The second-order valence-corrected chi connectivity index (χ2v) is 4.93. The van der Waals surface area contributed by atoms with Crippen molar-refractivity contribution in [2.45, 2.75) is 0 Å². The largest absolute Gasteiger partial charge is 0.333 e. The van der Waals surface area contributed by atoms with Crippen LogP contribution in [0.15, 0.2) is 60.8 Å². The summed E-state index contributed by atoms with van der Waals surface area (Å²) in [5.74, 6) is 0.393. The average molecular weight is 351 g/mol. The number of aldehydes is 1. The Labute approximate surface area is 149 Å². The van der Waals surface area contributed by atoms with Gasteiger partial charge < -0.3 is 11.1 Å². The van der Waals surface area contributed by atoms with Crippen LogP contribution < -0.4 is 11.1 Å². The van der Waals surface area contributed by atoms with Gasteiger partial charge >= 0.3 is 0 Å². The van der Waals surface area contributed by atoms with Gasteiger partial charge in [0.2, 0.25) is 5.95 Å². The summed E-state index contributed by atoms with van der Waals surface area (Å²) in [7, 11) is 1.50. The first kappa shape index (κ1) is 18.7. The Kier molecular flexibility index (Phi) is 6.47. The molecule has 3 N–H and O–H groups in total. The second-order valence-electron chi connectivity index (χ2n) is 4.93. The fourth-order valence-corrected chi connectivity index (χ4v) is 2.11. The zero-order chi connectivity index (χ0) is 18.9. The smallest absolute Gasteiger partial charge is 0.269 e. The number of hydrogen-bond donors (Lipinski definition) is 2. The third-order valence-electron chi connectivity index (χ3n) is 3.33. The molecule has 8 heteroatoms. The molecule has 0 aliphatic rings. The minimum atomic E-state index is -0.445. The Bertz CT molecular complexity index is 880. The zero-order valence-corrected chi connectivity index (χ0v) is 14.0. The molecule has 0 radical (unpaired) electrons. The van der Waals surface area contributed by atoms with E-state index in [1.54, 1.807) is 48.7 Å². The van der Waals surface area contributed by atoms with Crippen molar-refractivity contribution in [1.29, 1.82) is 0 Å². The SMILES string of the molecule is CN.O=Cc1ccc(Nc2nccc(-c3ccc([N+](=O)[O-])cc3)n2)cc1. The zero-order valence-electron chi connectivity index (χ0n) is 14.0. The van der Waals surface area contributed by atoms with Gasteiger partial charge in [0.25, 0.3) is 5.69 Å². The van der Waals surface area contributed by atoms with Crippen LogP contribution >= 0.6 is 0 Å². The number of nitrogens with zero attached hydrogens (tertiary/aromatic N) is 3. The van der Waals surface area contributed by atoms with E-state index in [1.807, 2.05) is 0 Å². The summed E-state index contributed by atoms with van der Waals surface area (Å²) in [6.07, 6.45) is 2.38. The molecular weight excluding hydrogens is 334 g/mol. The van der Waals surface area contributed by atoms with Crippen molar-refractivity contribution in [3.8, 4) is 11.3 Å². The van der Waals surface area contributed by atoms with E-state index in [-0.39, 0.29) is 5.69 Å². The number of nitro benzene ring substituents is 1. The molecule has 1 heterocycles. The van der Waals surface area contributed by atoms with E-state index in [4.69, 9.17) is 0 Å². The summed E-state index contributed by atoms with van der Waals surface area (Å²) >= 11 is 0. The van der Waals surface area contributed by atoms with Gasteiger partial charge in [0.1, 0.15) is 6.29 Å². The Balaban J connectivity index is 0.00000117. The highest BCUT2D eigenvalue weighted by molar-refractivity contribution is 5.76. The molecule has 3 aromatic rings. The van der Waals surface area contributed by atoms with Crippen molar-refractivity contribution in [3.63, 3.8) is 0 Å². The second kappa shape index (κ2) is 9.00. The van der Waals surface area contributed by atoms with E-state index in [0.29, 0.717) is 17.2 Å². The number of nitrogens with one attached hydrogen (secondary N) is 1. The summed E-state index contributed by atoms with van der Waals surface area (Å²) in [5.41, 5.74) is 7.26. The number of anilines is 2. The lowest BCUT2D eigenvalue weighted by Crippen LogP contribution is -1.98. The molecule has 0 unspecified atom stereocenters. The van der Waals surface area contributed by atoms with E-state index in [1.165, 1.54) is 19.2 Å². The number of carbonyl (C=O) groups is 1. The molecular formula is C18H17N5O3. The number of rotatable bonds is 5. The summed E-state index contributed by atoms with van der Waals surface area (Å²) < 4.78 is 0. The number of non-ortho nitro benzene ring substituents is 1. The van der Waals surface area contributed by atoms with Gasteiger partial charge in [0.05, 0.1) is 10.6 Å². The Hall–Kier alpha value is -3.65. The molecule has 132 valence electrons. The molecule has 1 aromatic heterocycles. The van der Waals surface area contributed by atoms with Crippen LogP contribution in [-0.2, 0) is 0 Å². The summed E-state index contributed by atoms with van der Waals surface area (Å²) in [5, 5.41) is 13.7. The molecule has 0 bridgehead atoms. The minimum absolute atomic E-state index is 0.0291. The number of nitro groups is 1. The number of aromatic nitrogens is 2. The Morgan fingerprint density at radius 3 is 2.27 bits per heavy atom. The lowest BCUT2D eigenvalue weighted by Gasteiger charge is -2.07. The van der Waals surface area contributed by atoms with Crippen LogP contribution in [-0.4, -0.2) is 28.2 Å². The minimum Gasteiger partial charge on any atom is -0.333 e. The lowest BCUT2D eigenvalue weighted by atomic mass is 10.1. The van der Waals surface area contributed by atoms with Crippen molar-refractivity contribution in [2.24, 2.45) is 5.73 Å². The van der Waals surface area contributed by atoms with Crippen LogP contribution in [0.1, 0.15) is 10.4 Å². The lowest BCUT2D eigenvalue weighted by molar-refractivity contribution is -0.384. The number of nitrogens with two attached hydrogens (primary N) is 1. The quantitative estimate of drug-likeness (QED) is 0.411. The van der Waals surface area contributed by atoms with Gasteiger partial charge in [-0.1, -0.05) is 0 Å². The summed E-state index contributed by atoms with van der Waals surface area (Å²) in [6, 6.07) is 14.8. The number of benzene rings is 2. The van der Waals surface area contributed by atoms with Gasteiger partial charge in [-0.3, -0.25) is 14.9 Å². The molecule has 0 saturated heterocycles. The van der Waals surface area contributed by atoms with Crippen LogP contribution in [0.2, 0.25) is 0 Å². The fraction of sp³-hybridized carbons (Fsp3) is 0.0556. The van der Waals surface area contributed by atoms with Crippen molar-refractivity contribution in [1.82, 2.24) is 9.97 Å². The fourth-order valence-electron chi connectivity index (χ4n) is 2.11. The highest BCUT2D eigenvalue weighted by Crippen LogP contribution is 2.22. The molecule has 0 aliphatic heterocycles. The van der Waals surface area contributed by atoms with Crippen LogP contribution in [0.3, 0.4) is 0 Å². The van der Waals surface area contributed by atoms with E-state index < -0.39 is 4.92 Å². The Morgan fingerprint density at radius 2 is 1.69 bits per heavy atom. The summed E-state index contributed by atoms with van der Waals surface area (Å²) in [4.78, 5) is 29.5. The normalized spacial score (nSPS) is 9.62. The maximum absolute atomic E-state index is 10.7. The average Bonchev–Trinajstić information content (AvgIpc) is 2.70. The van der Waals surface area contributed by atoms with Gasteiger partial charge in [0, 0.05) is 35.1 Å². The molecule has 8 nitrogen and oxygen atoms in total. The van der Waals surface area contributed by atoms with Crippen LogP contribution in [0.4, 0.5) is 17.3 Å². The molecule has 0 atom stereocenters. The van der Waals surface area contributed by atoms with Gasteiger partial charge in [-0.25, -0.2) is 9.97 Å². The van der Waals surface area contributed by atoms with E-state index in [0.717, 1.165) is 17.5 Å². The van der Waals surface area contributed by atoms with Crippen LogP contribution in [0, 0.1) is 10.1 Å². The number of carbonyl (C=O) groups excluding carboxylic acids is 1. The molecule has 3 rings (SSSR count). The van der Waals surface area contributed by atoms with E-state index in [9.17, 15) is 14.9 Å². The van der Waals surface area contributed by atoms with E-state index in [2.05, 4.69) is 21.0 Å². The standard InChI is InChI=1S/C17H12N4O3.CH5N/c22-11-12-1-5-14(6-2-12)19-17-18-10-9-16(20-17)13-3-7-15(8-4-13)21(23)24;1-2/h1-11H,(H,18,19,20);2H2,1H3. The van der Waals surface area contributed by atoms with Crippen LogP contribution in [0.25, 0.3) is 11.3 Å². The van der Waals surface area contributed by atoms with Gasteiger partial charge in [-0.05, 0) is 49.5 Å². The maximum atomic E-state index is 10.7. The maximum Gasteiger partial charge on any atom is 0.269 e. The molecule has 26 heavy (non-hydrogen) atoms. The first-order chi connectivity index (χ1) is 12.7. The molecule has 0 aliphatic carbocycles. The molecule has 0 spiro atoms. The van der Waals surface area contributed by atoms with Gasteiger partial charge in [-0.2, -0.15) is 0 Å². The third kappa shape index (κ3) is 4.68. The molecule has 0 amide bonds. The molecule has 2 aromatic carbocycles. The van der Waals surface area contributed by atoms with Gasteiger partial charge in [0.15, 0.2) is 0 Å². The molecule has 0 fully saturated rings. The number of hydrogen-bond acceptors (Lipinski definition) is 7. The summed E-state index contributed by atoms with van der Waals surface area (Å²) in [6.45, 7) is 0. The van der Waals surface area contributed by atoms with E-state index >= 15 is 0 Å². The van der Waals surface area contributed by atoms with Crippen molar-refractivity contribution < 1.29 is 9.72 Å². The highest BCUT2D eigenvalue weighted by Gasteiger charge is 2.07. The van der Waals surface area contributed by atoms with Crippen molar-refractivity contribution in [2.75, 3.05) is 12.4 Å². The monoisotopic (exact) mass is 351 g/mol. The topological polar surface area (TPSA) is 124 Å². The van der Waals surface area contributed by atoms with Crippen LogP contribution in [0.5, 0.6) is 0 Å². The predicted octanol–water partition coefficient (Wildman–Crippen LogP) is 3.18. The first-order valence-corrected chi connectivity index (χ1v) is 7.63. The van der Waals surface area contributed by atoms with Crippen molar-refractivity contribution >= 4 is 23.6 Å². The van der Waals surface area contributed by atoms with Gasteiger partial charge in [-0.15, -0.1) is 0 Å². The predicted molar refractivity (Wildman–Crippen MR) is 99.3 cm³/mol. The Morgan fingerprint density at radius 1 is 1.04 bits per heavy atom. The first-order valence-electron chi connectivity index (χ1n) is 7.63.